The van der Waals surface area contributed by atoms with Gasteiger partial charge in [-0.15, -0.1) is 0 Å². The van der Waals surface area contributed by atoms with Crippen LogP contribution in [-0.4, -0.2) is 56.2 Å². The molecule has 0 unspecified atom stereocenters. The molecule has 146 valence electrons. The van der Waals surface area contributed by atoms with E-state index in [-0.39, 0.29) is 5.91 Å². The van der Waals surface area contributed by atoms with Crippen molar-refractivity contribution in [1.82, 2.24) is 9.88 Å². The second-order valence-electron chi connectivity index (χ2n) is 6.73. The maximum Gasteiger partial charge on any atom is 0.260 e. The Kier molecular flexibility index (Phi) is 5.52. The summed E-state index contributed by atoms with van der Waals surface area (Å²) < 4.78 is 13.2. The Morgan fingerprint density at radius 3 is 2.68 bits per heavy atom. The van der Waals surface area contributed by atoms with Gasteiger partial charge >= 0.3 is 0 Å². The Balaban J connectivity index is 1.69. The number of carbonyl (C=O) groups is 1. The summed E-state index contributed by atoms with van der Waals surface area (Å²) in [6.45, 7) is 2.29. The third-order valence-corrected chi connectivity index (χ3v) is 5.91. The quantitative estimate of drug-likeness (QED) is 0.573. The van der Waals surface area contributed by atoms with Crippen molar-refractivity contribution in [3.8, 4) is 11.5 Å². The highest BCUT2D eigenvalue weighted by atomic mass is 79.9. The number of ether oxygens (including phenoxy) is 2. The van der Waals surface area contributed by atoms with Crippen LogP contribution in [0.2, 0.25) is 0 Å². The predicted octanol–water partition coefficient (Wildman–Crippen LogP) is 4.04. The zero-order valence-corrected chi connectivity index (χ0v) is 18.0. The maximum absolute atomic E-state index is 13.4. The first-order valence-corrected chi connectivity index (χ1v) is 10.5. The molecule has 0 radical (unpaired) electrons. The van der Waals surface area contributed by atoms with E-state index in [0.717, 1.165) is 21.2 Å². The Labute approximate surface area is 175 Å². The highest BCUT2D eigenvalue weighted by Gasteiger charge is 2.23. The van der Waals surface area contributed by atoms with Crippen LogP contribution in [0.15, 0.2) is 40.9 Å². The topological polar surface area (TPSA) is 54.9 Å². The largest absolute Gasteiger partial charge is 0.486 e. The van der Waals surface area contributed by atoms with Gasteiger partial charge in [-0.05, 0) is 50.5 Å². The van der Waals surface area contributed by atoms with Gasteiger partial charge < -0.3 is 14.4 Å². The number of hydrogen-bond acceptors (Lipinski definition) is 6. The van der Waals surface area contributed by atoms with Crippen molar-refractivity contribution in [2.45, 2.75) is 0 Å². The van der Waals surface area contributed by atoms with Gasteiger partial charge in [0.15, 0.2) is 16.6 Å². The number of carbonyl (C=O) groups excluding carboxylic acids is 1. The van der Waals surface area contributed by atoms with E-state index in [1.54, 1.807) is 23.1 Å². The van der Waals surface area contributed by atoms with Crippen LogP contribution >= 0.6 is 27.3 Å². The summed E-state index contributed by atoms with van der Waals surface area (Å²) in [5.74, 6) is 1.18. The zero-order valence-electron chi connectivity index (χ0n) is 15.6. The van der Waals surface area contributed by atoms with Crippen molar-refractivity contribution in [3.05, 3.63) is 46.4 Å². The molecule has 28 heavy (non-hydrogen) atoms. The molecule has 0 spiro atoms. The van der Waals surface area contributed by atoms with Gasteiger partial charge in [0.1, 0.15) is 13.2 Å². The minimum Gasteiger partial charge on any atom is -0.486 e. The van der Waals surface area contributed by atoms with Crippen LogP contribution in [0.4, 0.5) is 5.13 Å². The van der Waals surface area contributed by atoms with E-state index in [2.05, 4.69) is 15.9 Å². The number of rotatable bonds is 5. The van der Waals surface area contributed by atoms with E-state index in [1.807, 2.05) is 37.2 Å². The summed E-state index contributed by atoms with van der Waals surface area (Å²) >= 11 is 5.01. The monoisotopic (exact) mass is 461 g/mol. The van der Waals surface area contributed by atoms with Gasteiger partial charge in [-0.1, -0.05) is 27.3 Å². The number of amides is 1. The van der Waals surface area contributed by atoms with Crippen LogP contribution in [0, 0.1) is 0 Å². The molecule has 0 N–H and O–H groups in total. The molecule has 0 fully saturated rings. The summed E-state index contributed by atoms with van der Waals surface area (Å²) in [6, 6.07) is 11.3. The van der Waals surface area contributed by atoms with Crippen molar-refractivity contribution < 1.29 is 14.3 Å². The molecule has 0 saturated carbocycles. The van der Waals surface area contributed by atoms with Crippen molar-refractivity contribution in [2.75, 3.05) is 45.3 Å². The lowest BCUT2D eigenvalue weighted by atomic mass is 10.1. The van der Waals surface area contributed by atoms with Crippen molar-refractivity contribution in [2.24, 2.45) is 0 Å². The van der Waals surface area contributed by atoms with Gasteiger partial charge in [-0.3, -0.25) is 9.69 Å². The van der Waals surface area contributed by atoms with Gasteiger partial charge in [0.2, 0.25) is 0 Å². The van der Waals surface area contributed by atoms with Crippen molar-refractivity contribution >= 4 is 48.5 Å². The number of anilines is 1. The first kappa shape index (κ1) is 19.2. The SMILES string of the molecule is CN(C)CCN(C(=O)c1ccc2c(c1)OCCO2)c1nc2ccc(Br)cc2s1. The number of aromatic nitrogens is 1. The molecule has 1 aliphatic rings. The minimum atomic E-state index is -0.100. The average molecular weight is 462 g/mol. The number of fused-ring (bicyclic) bond motifs is 2. The Morgan fingerprint density at radius 1 is 1.11 bits per heavy atom. The lowest BCUT2D eigenvalue weighted by molar-refractivity contribution is 0.0984. The molecule has 0 saturated heterocycles. The molecule has 1 aliphatic heterocycles. The summed E-state index contributed by atoms with van der Waals surface area (Å²) in [5.41, 5.74) is 1.44. The predicted molar refractivity (Wildman–Crippen MR) is 115 cm³/mol. The van der Waals surface area contributed by atoms with E-state index in [4.69, 9.17) is 14.5 Å². The second-order valence-corrected chi connectivity index (χ2v) is 8.65. The summed E-state index contributed by atoms with van der Waals surface area (Å²) in [4.78, 5) is 21.8. The second kappa shape index (κ2) is 8.06. The van der Waals surface area contributed by atoms with Gasteiger partial charge in [0.05, 0.1) is 10.2 Å². The Morgan fingerprint density at radius 2 is 1.89 bits per heavy atom. The van der Waals surface area contributed by atoms with Crippen LogP contribution in [0.25, 0.3) is 10.2 Å². The van der Waals surface area contributed by atoms with E-state index in [9.17, 15) is 4.79 Å². The van der Waals surface area contributed by atoms with Crippen LogP contribution < -0.4 is 14.4 Å². The molecule has 6 nitrogen and oxygen atoms in total. The number of benzene rings is 2. The minimum absolute atomic E-state index is 0.100. The van der Waals surface area contributed by atoms with Crippen LogP contribution in [0.1, 0.15) is 10.4 Å². The molecule has 2 heterocycles. The molecule has 3 aromatic rings. The highest BCUT2D eigenvalue weighted by molar-refractivity contribution is 9.10. The number of thiazole rings is 1. The fourth-order valence-electron chi connectivity index (χ4n) is 2.92. The maximum atomic E-state index is 13.4. The normalized spacial score (nSPS) is 13.1. The molecule has 0 bridgehead atoms. The molecule has 1 amide bonds. The molecular weight excluding hydrogens is 442 g/mol. The van der Waals surface area contributed by atoms with Gasteiger partial charge in [0.25, 0.3) is 5.91 Å². The number of hydrogen-bond donors (Lipinski definition) is 0. The summed E-state index contributed by atoms with van der Waals surface area (Å²) in [5, 5.41) is 0.690. The molecule has 2 aromatic carbocycles. The van der Waals surface area contributed by atoms with Gasteiger partial charge in [-0.2, -0.15) is 0 Å². The number of nitrogens with zero attached hydrogens (tertiary/aromatic N) is 3. The number of halogens is 1. The fraction of sp³-hybridized carbons (Fsp3) is 0.300. The third kappa shape index (κ3) is 3.99. The van der Waals surface area contributed by atoms with E-state index in [0.29, 0.717) is 42.0 Å². The molecule has 0 aliphatic carbocycles. The smallest absolute Gasteiger partial charge is 0.260 e. The molecule has 8 heteroatoms. The first-order valence-electron chi connectivity index (χ1n) is 8.93. The Hall–Kier alpha value is -2.16. The average Bonchev–Trinajstić information content (AvgIpc) is 3.10. The van der Waals surface area contributed by atoms with Crippen LogP contribution in [0.3, 0.4) is 0 Å². The highest BCUT2D eigenvalue weighted by Crippen LogP contribution is 2.34. The van der Waals surface area contributed by atoms with Crippen LogP contribution in [0.5, 0.6) is 11.5 Å². The molecule has 0 atom stereocenters. The van der Waals surface area contributed by atoms with Gasteiger partial charge in [0, 0.05) is 23.1 Å². The lowest BCUT2D eigenvalue weighted by Crippen LogP contribution is -2.36. The van der Waals surface area contributed by atoms with Crippen molar-refractivity contribution in [3.63, 3.8) is 0 Å². The fourth-order valence-corrected chi connectivity index (χ4v) is 4.46. The first-order chi connectivity index (χ1) is 13.5. The van der Waals surface area contributed by atoms with E-state index in [1.165, 1.54) is 11.3 Å². The third-order valence-electron chi connectivity index (χ3n) is 4.38. The molecule has 4 rings (SSSR count). The molecular formula is C20H20BrN3O3S. The zero-order chi connectivity index (χ0) is 19.7. The van der Waals surface area contributed by atoms with E-state index >= 15 is 0 Å². The van der Waals surface area contributed by atoms with Gasteiger partial charge in [-0.25, -0.2) is 4.98 Å². The number of likely N-dealkylation sites (N-methyl/N-ethyl adjacent to an activating group) is 1. The Bertz CT molecular complexity index is 1020. The van der Waals surface area contributed by atoms with Crippen molar-refractivity contribution in [1.29, 1.82) is 0 Å². The summed E-state index contributed by atoms with van der Waals surface area (Å²) in [7, 11) is 3.98. The van der Waals surface area contributed by atoms with Crippen LogP contribution in [-0.2, 0) is 0 Å². The standard InChI is InChI=1S/C20H20BrN3O3S/c1-23(2)7-8-24(20-22-15-5-4-14(21)12-18(15)28-20)19(25)13-3-6-16-17(11-13)27-10-9-26-16/h3-6,11-12H,7-10H2,1-2H3. The summed E-state index contributed by atoms with van der Waals surface area (Å²) in [6.07, 6.45) is 0. The van der Waals surface area contributed by atoms with E-state index < -0.39 is 0 Å². The molecule has 1 aromatic heterocycles. The lowest BCUT2D eigenvalue weighted by Gasteiger charge is -2.23.